The Bertz CT molecular complexity index is 973. The predicted octanol–water partition coefficient (Wildman–Crippen LogP) is 2.53. The molecule has 3 N–H and O–H groups in total. The molecule has 0 spiro atoms. The number of benzene rings is 1. The number of hydrogen-bond donors (Lipinski definition) is 3. The molecule has 0 radical (unpaired) electrons. The van der Waals surface area contributed by atoms with Crippen LogP contribution < -0.4 is 5.32 Å². The van der Waals surface area contributed by atoms with Crippen LogP contribution in [-0.4, -0.2) is 43.5 Å². The molecule has 1 fully saturated rings. The summed E-state index contributed by atoms with van der Waals surface area (Å²) in [5.41, 5.74) is -0.501. The summed E-state index contributed by atoms with van der Waals surface area (Å²) in [5.74, 6) is -1.40. The van der Waals surface area contributed by atoms with E-state index < -0.39 is 47.4 Å². The van der Waals surface area contributed by atoms with Gasteiger partial charge in [0.05, 0.1) is 30.0 Å². The lowest BCUT2D eigenvalue weighted by Crippen LogP contribution is -2.45. The molecule has 0 aliphatic heterocycles. The van der Waals surface area contributed by atoms with Crippen molar-refractivity contribution in [3.63, 3.8) is 0 Å². The summed E-state index contributed by atoms with van der Waals surface area (Å²) in [4.78, 5) is 22.8. The van der Waals surface area contributed by atoms with Gasteiger partial charge in [-0.2, -0.15) is 18.3 Å². The Balaban J connectivity index is 1.67. The van der Waals surface area contributed by atoms with Crippen molar-refractivity contribution in [2.45, 2.75) is 50.6 Å². The number of hydrogen-bond acceptors (Lipinski definition) is 6. The van der Waals surface area contributed by atoms with Gasteiger partial charge in [-0.05, 0) is 36.6 Å². The van der Waals surface area contributed by atoms with E-state index in [-0.39, 0.29) is 23.7 Å². The largest absolute Gasteiger partial charge is 0.435 e. The number of rotatable bonds is 9. The molecule has 12 heteroatoms. The van der Waals surface area contributed by atoms with Crippen molar-refractivity contribution in [2.24, 2.45) is 5.92 Å². The van der Waals surface area contributed by atoms with E-state index in [0.29, 0.717) is 5.69 Å². The molecule has 3 atom stereocenters. The molecule has 1 aromatic carbocycles. The minimum absolute atomic E-state index is 0.0111. The number of amides is 1. The number of carbonyl (C=O) groups excluding carboxylic acids is 1. The number of nitro benzene ring substituents is 1. The number of nitrogens with one attached hydrogen (secondary N) is 1. The number of non-ortho nitro benzene ring substituents is 1. The third-order valence-electron chi connectivity index (χ3n) is 5.34. The Morgan fingerprint density at radius 3 is 2.47 bits per heavy atom. The summed E-state index contributed by atoms with van der Waals surface area (Å²) in [6, 6.07) is 4.89. The van der Waals surface area contributed by atoms with Gasteiger partial charge in [0.25, 0.3) is 5.69 Å². The maximum atomic E-state index is 13.1. The third kappa shape index (κ3) is 5.43. The van der Waals surface area contributed by atoms with Gasteiger partial charge >= 0.3 is 6.18 Å². The summed E-state index contributed by atoms with van der Waals surface area (Å²) in [6.07, 6.45) is -4.41. The third-order valence-corrected chi connectivity index (χ3v) is 5.34. The van der Waals surface area contributed by atoms with E-state index in [4.69, 9.17) is 0 Å². The van der Waals surface area contributed by atoms with Gasteiger partial charge in [0.15, 0.2) is 5.69 Å². The minimum Gasteiger partial charge on any atom is -0.394 e. The first-order valence-electron chi connectivity index (χ1n) is 9.99. The second kappa shape index (κ2) is 9.25. The summed E-state index contributed by atoms with van der Waals surface area (Å²) >= 11 is 0. The van der Waals surface area contributed by atoms with Crippen LogP contribution >= 0.6 is 0 Å². The molecule has 0 saturated heterocycles. The molecule has 1 aromatic heterocycles. The first-order chi connectivity index (χ1) is 15.0. The maximum Gasteiger partial charge on any atom is 0.435 e. The average molecular weight is 456 g/mol. The van der Waals surface area contributed by atoms with E-state index in [1.54, 1.807) is 0 Å². The van der Waals surface area contributed by atoms with Crippen molar-refractivity contribution in [3.05, 3.63) is 57.4 Å². The summed E-state index contributed by atoms with van der Waals surface area (Å²) in [7, 11) is 0. The normalized spacial score (nSPS) is 16.9. The molecule has 174 valence electrons. The van der Waals surface area contributed by atoms with Gasteiger partial charge in [0.1, 0.15) is 6.10 Å². The number of nitro groups is 1. The summed E-state index contributed by atoms with van der Waals surface area (Å²) in [5, 5.41) is 36.9. The predicted molar refractivity (Wildman–Crippen MR) is 105 cm³/mol. The molecular formula is C20H23F3N4O5. The smallest absolute Gasteiger partial charge is 0.394 e. The van der Waals surface area contributed by atoms with Gasteiger partial charge < -0.3 is 15.5 Å². The second-order valence-corrected chi connectivity index (χ2v) is 7.90. The van der Waals surface area contributed by atoms with Crippen molar-refractivity contribution in [1.29, 1.82) is 0 Å². The Labute approximate surface area is 181 Å². The number of alkyl halides is 3. The van der Waals surface area contributed by atoms with Gasteiger partial charge in [-0.1, -0.05) is 6.92 Å². The Morgan fingerprint density at radius 2 is 1.97 bits per heavy atom. The summed E-state index contributed by atoms with van der Waals surface area (Å²) < 4.78 is 40.4. The van der Waals surface area contributed by atoms with Crippen molar-refractivity contribution in [3.8, 4) is 0 Å². The lowest BCUT2D eigenvalue weighted by molar-refractivity contribution is -0.384. The van der Waals surface area contributed by atoms with Crippen LogP contribution in [0.3, 0.4) is 0 Å². The van der Waals surface area contributed by atoms with Crippen molar-refractivity contribution in [1.82, 2.24) is 15.1 Å². The fraction of sp³-hybridized carbons (Fsp3) is 0.500. The summed E-state index contributed by atoms with van der Waals surface area (Å²) in [6.45, 7) is 0.789. The van der Waals surface area contributed by atoms with E-state index in [9.17, 15) is 38.3 Å². The first-order valence-corrected chi connectivity index (χ1v) is 9.99. The average Bonchev–Trinajstić information content (AvgIpc) is 3.50. The molecule has 3 unspecified atom stereocenters. The van der Waals surface area contributed by atoms with Crippen LogP contribution in [0.25, 0.3) is 0 Å². The highest BCUT2D eigenvalue weighted by Gasteiger charge is 2.38. The fourth-order valence-electron chi connectivity index (χ4n) is 3.34. The van der Waals surface area contributed by atoms with Crippen LogP contribution in [0.2, 0.25) is 0 Å². The molecule has 1 saturated carbocycles. The highest BCUT2D eigenvalue weighted by atomic mass is 19.4. The Hall–Kier alpha value is -2.99. The number of aliphatic hydroxyl groups excluding tert-OH is 2. The van der Waals surface area contributed by atoms with E-state index >= 15 is 0 Å². The molecule has 0 bridgehead atoms. The number of carbonyl (C=O) groups is 1. The highest BCUT2D eigenvalue weighted by Crippen LogP contribution is 2.42. The van der Waals surface area contributed by atoms with Gasteiger partial charge in [-0.25, -0.2) is 0 Å². The lowest BCUT2D eigenvalue weighted by atomic mass is 10.0. The Morgan fingerprint density at radius 1 is 1.34 bits per heavy atom. The van der Waals surface area contributed by atoms with Crippen LogP contribution in [0, 0.1) is 16.0 Å². The van der Waals surface area contributed by atoms with Crippen LogP contribution in [0.5, 0.6) is 0 Å². The van der Waals surface area contributed by atoms with E-state index in [1.807, 2.05) is 0 Å². The first kappa shape index (κ1) is 23.7. The topological polar surface area (TPSA) is 131 Å². The number of nitrogens with zero attached hydrogens (tertiary/aromatic N) is 3. The van der Waals surface area contributed by atoms with Crippen LogP contribution in [-0.2, 0) is 17.5 Å². The zero-order valence-electron chi connectivity index (χ0n) is 17.1. The van der Waals surface area contributed by atoms with Crippen LogP contribution in [0.1, 0.15) is 48.7 Å². The van der Waals surface area contributed by atoms with E-state index in [1.165, 1.54) is 35.9 Å². The van der Waals surface area contributed by atoms with E-state index in [2.05, 4.69) is 10.4 Å². The van der Waals surface area contributed by atoms with Crippen LogP contribution in [0.15, 0.2) is 30.3 Å². The molecule has 1 amide bonds. The molecular weight excluding hydrogens is 433 g/mol. The van der Waals surface area contributed by atoms with Gasteiger partial charge in [-0.3, -0.25) is 19.6 Å². The highest BCUT2D eigenvalue weighted by molar-refractivity contribution is 5.78. The lowest BCUT2D eigenvalue weighted by Gasteiger charge is -2.24. The van der Waals surface area contributed by atoms with Crippen molar-refractivity contribution < 1.29 is 33.1 Å². The second-order valence-electron chi connectivity index (χ2n) is 7.90. The molecule has 1 aliphatic rings. The quantitative estimate of drug-likeness (QED) is 0.393. The Kier molecular flexibility index (Phi) is 6.84. The van der Waals surface area contributed by atoms with Gasteiger partial charge in [0.2, 0.25) is 5.91 Å². The van der Waals surface area contributed by atoms with Gasteiger partial charge in [0, 0.05) is 23.7 Å². The standard InChI is InChI=1S/C20H23F3N4O5/c1-11(9-26-16(12-2-3-12)8-17(25-26)20(21,22)23)19(30)24-15(10-28)18(29)13-4-6-14(7-5-13)27(31)32/h4-8,11-12,15,18,28-29H,2-3,9-10H2,1H3,(H,24,30). The van der Waals surface area contributed by atoms with E-state index in [0.717, 1.165) is 18.9 Å². The molecule has 32 heavy (non-hydrogen) atoms. The molecule has 3 rings (SSSR count). The number of aromatic nitrogens is 2. The van der Waals surface area contributed by atoms with Gasteiger partial charge in [-0.15, -0.1) is 0 Å². The SMILES string of the molecule is CC(Cn1nc(C(F)(F)F)cc1C1CC1)C(=O)NC(CO)C(O)c1ccc([N+](=O)[O-])cc1. The zero-order chi connectivity index (χ0) is 23.6. The number of aliphatic hydroxyl groups is 2. The molecule has 2 aromatic rings. The number of halogens is 3. The van der Waals surface area contributed by atoms with Crippen molar-refractivity contribution >= 4 is 11.6 Å². The minimum atomic E-state index is -4.59. The molecule has 1 heterocycles. The zero-order valence-corrected chi connectivity index (χ0v) is 17.1. The maximum absolute atomic E-state index is 13.1. The fourth-order valence-corrected chi connectivity index (χ4v) is 3.34. The van der Waals surface area contributed by atoms with Crippen molar-refractivity contribution in [2.75, 3.05) is 6.61 Å². The van der Waals surface area contributed by atoms with Crippen LogP contribution in [0.4, 0.5) is 18.9 Å². The molecule has 9 nitrogen and oxygen atoms in total. The molecule has 1 aliphatic carbocycles. The monoisotopic (exact) mass is 456 g/mol.